The monoisotopic (exact) mass is 322 g/mol. The van der Waals surface area contributed by atoms with Crippen LogP contribution in [-0.4, -0.2) is 23.5 Å². The minimum atomic E-state index is -0.338. The van der Waals surface area contributed by atoms with E-state index >= 15 is 0 Å². The fourth-order valence-electron chi connectivity index (χ4n) is 1.95. The molecule has 1 aromatic carbocycles. The van der Waals surface area contributed by atoms with E-state index in [1.807, 2.05) is 19.2 Å². The highest BCUT2D eigenvalue weighted by Gasteiger charge is 2.12. The van der Waals surface area contributed by atoms with E-state index in [-0.39, 0.29) is 24.2 Å². The first-order valence-corrected chi connectivity index (χ1v) is 8.04. The van der Waals surface area contributed by atoms with Crippen LogP contribution in [0.3, 0.4) is 0 Å². The maximum atomic E-state index is 13.1. The summed E-state index contributed by atoms with van der Waals surface area (Å²) < 4.78 is 18.8. The average Bonchev–Trinajstić information content (AvgIpc) is 2.88. The third-order valence-electron chi connectivity index (χ3n) is 3.09. The van der Waals surface area contributed by atoms with Crippen LogP contribution in [0.25, 0.3) is 0 Å². The lowest BCUT2D eigenvalue weighted by molar-refractivity contribution is -0.120. The van der Waals surface area contributed by atoms with Crippen molar-refractivity contribution in [1.82, 2.24) is 10.3 Å². The molecule has 2 rings (SSSR count). The largest absolute Gasteiger partial charge is 0.489 e. The predicted octanol–water partition coefficient (Wildman–Crippen LogP) is 3.11. The molecule has 2 aromatic rings. The molecule has 1 atom stereocenters. The van der Waals surface area contributed by atoms with Gasteiger partial charge in [-0.3, -0.25) is 4.79 Å². The minimum Gasteiger partial charge on any atom is -0.489 e. The zero-order valence-corrected chi connectivity index (χ0v) is 13.5. The van der Waals surface area contributed by atoms with Crippen LogP contribution in [0, 0.1) is 12.7 Å². The van der Waals surface area contributed by atoms with E-state index in [9.17, 15) is 9.18 Å². The third-order valence-corrected chi connectivity index (χ3v) is 3.91. The van der Waals surface area contributed by atoms with Gasteiger partial charge in [0.2, 0.25) is 5.91 Å². The Hall–Kier alpha value is -1.95. The maximum absolute atomic E-state index is 13.1. The van der Waals surface area contributed by atoms with Crippen LogP contribution in [0.4, 0.5) is 4.39 Å². The van der Waals surface area contributed by atoms with Gasteiger partial charge in [0.15, 0.2) is 0 Å². The van der Waals surface area contributed by atoms with Gasteiger partial charge in [0.05, 0.1) is 23.7 Å². The van der Waals surface area contributed by atoms with Gasteiger partial charge >= 0.3 is 0 Å². The lowest BCUT2D eigenvalue weighted by Crippen LogP contribution is -2.35. The summed E-state index contributed by atoms with van der Waals surface area (Å²) >= 11 is 1.53. The highest BCUT2D eigenvalue weighted by Crippen LogP contribution is 2.15. The SMILES string of the molecule is CCC(CNC(=O)Cc1csc(C)n1)Oc1cccc(F)c1. The van der Waals surface area contributed by atoms with Crippen molar-refractivity contribution in [2.75, 3.05) is 6.54 Å². The van der Waals surface area contributed by atoms with E-state index in [4.69, 9.17) is 4.74 Å². The Morgan fingerprint density at radius 2 is 2.32 bits per heavy atom. The summed E-state index contributed by atoms with van der Waals surface area (Å²) in [5.41, 5.74) is 0.777. The molecule has 0 radical (unpaired) electrons. The summed E-state index contributed by atoms with van der Waals surface area (Å²) in [5.74, 6) is 0.0399. The number of carbonyl (C=O) groups excluding carboxylic acids is 1. The topological polar surface area (TPSA) is 51.2 Å². The molecular weight excluding hydrogens is 303 g/mol. The number of hydrogen-bond acceptors (Lipinski definition) is 4. The normalized spacial score (nSPS) is 12.0. The minimum absolute atomic E-state index is 0.0911. The zero-order valence-electron chi connectivity index (χ0n) is 12.6. The van der Waals surface area contributed by atoms with Crippen LogP contribution in [0.5, 0.6) is 5.75 Å². The van der Waals surface area contributed by atoms with Gasteiger partial charge in [0.1, 0.15) is 17.7 Å². The molecule has 6 heteroatoms. The van der Waals surface area contributed by atoms with E-state index in [0.29, 0.717) is 18.7 Å². The van der Waals surface area contributed by atoms with Crippen LogP contribution in [0.1, 0.15) is 24.0 Å². The number of ether oxygens (including phenoxy) is 1. The zero-order chi connectivity index (χ0) is 15.9. The Labute approximate surface area is 133 Å². The summed E-state index contributed by atoms with van der Waals surface area (Å²) in [5, 5.41) is 5.67. The van der Waals surface area contributed by atoms with Gasteiger partial charge in [-0.1, -0.05) is 13.0 Å². The quantitative estimate of drug-likeness (QED) is 0.852. The van der Waals surface area contributed by atoms with Crippen LogP contribution in [0.2, 0.25) is 0 Å². The summed E-state index contributed by atoms with van der Waals surface area (Å²) in [6, 6.07) is 6.00. The molecule has 0 aliphatic heterocycles. The maximum Gasteiger partial charge on any atom is 0.226 e. The molecule has 4 nitrogen and oxygen atoms in total. The van der Waals surface area contributed by atoms with Crippen LogP contribution >= 0.6 is 11.3 Å². The van der Waals surface area contributed by atoms with Crippen molar-refractivity contribution in [3.05, 3.63) is 46.2 Å². The summed E-state index contributed by atoms with van der Waals surface area (Å²) in [4.78, 5) is 16.1. The van der Waals surface area contributed by atoms with E-state index in [0.717, 1.165) is 10.7 Å². The fourth-order valence-corrected chi connectivity index (χ4v) is 2.56. The second-order valence-corrected chi connectivity index (χ2v) is 6.01. The van der Waals surface area contributed by atoms with Crippen molar-refractivity contribution >= 4 is 17.2 Å². The number of carbonyl (C=O) groups is 1. The smallest absolute Gasteiger partial charge is 0.226 e. The van der Waals surface area contributed by atoms with Gasteiger partial charge in [-0.15, -0.1) is 11.3 Å². The molecule has 0 saturated carbocycles. The number of hydrogen-bond donors (Lipinski definition) is 1. The number of aromatic nitrogens is 1. The second-order valence-electron chi connectivity index (χ2n) is 4.94. The van der Waals surface area contributed by atoms with Crippen LogP contribution < -0.4 is 10.1 Å². The van der Waals surface area contributed by atoms with Gasteiger partial charge < -0.3 is 10.1 Å². The fraction of sp³-hybridized carbons (Fsp3) is 0.375. The van der Waals surface area contributed by atoms with E-state index in [2.05, 4.69) is 10.3 Å². The van der Waals surface area contributed by atoms with Crippen LogP contribution in [0.15, 0.2) is 29.6 Å². The van der Waals surface area contributed by atoms with Crippen molar-refractivity contribution < 1.29 is 13.9 Å². The van der Waals surface area contributed by atoms with E-state index < -0.39 is 0 Å². The molecule has 118 valence electrons. The van der Waals surface area contributed by atoms with Crippen molar-refractivity contribution in [2.24, 2.45) is 0 Å². The van der Waals surface area contributed by atoms with E-state index in [1.54, 1.807) is 12.1 Å². The highest BCUT2D eigenvalue weighted by molar-refractivity contribution is 7.09. The van der Waals surface area contributed by atoms with Crippen molar-refractivity contribution in [2.45, 2.75) is 32.8 Å². The number of benzene rings is 1. The van der Waals surface area contributed by atoms with Gasteiger partial charge in [0, 0.05) is 11.4 Å². The molecular formula is C16H19FN2O2S. The Balaban J connectivity index is 1.81. The Morgan fingerprint density at radius 1 is 1.50 bits per heavy atom. The van der Waals surface area contributed by atoms with Crippen molar-refractivity contribution in [1.29, 1.82) is 0 Å². The number of nitrogens with zero attached hydrogens (tertiary/aromatic N) is 1. The second kappa shape index (κ2) is 7.89. The predicted molar refractivity (Wildman–Crippen MR) is 84.7 cm³/mol. The van der Waals surface area contributed by atoms with Gasteiger partial charge in [-0.25, -0.2) is 9.37 Å². The lowest BCUT2D eigenvalue weighted by atomic mass is 10.2. The number of nitrogens with one attached hydrogen (secondary N) is 1. The number of aryl methyl sites for hydroxylation is 1. The van der Waals surface area contributed by atoms with Crippen molar-refractivity contribution in [3.8, 4) is 5.75 Å². The van der Waals surface area contributed by atoms with Gasteiger partial charge in [-0.05, 0) is 25.5 Å². The molecule has 0 aliphatic rings. The van der Waals surface area contributed by atoms with Crippen molar-refractivity contribution in [3.63, 3.8) is 0 Å². The molecule has 1 aromatic heterocycles. The molecule has 1 amide bonds. The molecule has 1 unspecified atom stereocenters. The molecule has 0 bridgehead atoms. The number of halogens is 1. The molecule has 0 saturated heterocycles. The molecule has 0 spiro atoms. The Bertz CT molecular complexity index is 630. The van der Waals surface area contributed by atoms with Crippen LogP contribution in [-0.2, 0) is 11.2 Å². The molecule has 22 heavy (non-hydrogen) atoms. The molecule has 1 N–H and O–H groups in total. The first-order valence-electron chi connectivity index (χ1n) is 7.16. The molecule has 0 aliphatic carbocycles. The summed E-state index contributed by atoms with van der Waals surface area (Å²) in [6.07, 6.45) is 0.788. The first kappa shape index (κ1) is 16.4. The van der Waals surface area contributed by atoms with Gasteiger partial charge in [-0.2, -0.15) is 0 Å². The Kier molecular flexibility index (Phi) is 5.89. The third kappa shape index (κ3) is 5.11. The highest BCUT2D eigenvalue weighted by atomic mass is 32.1. The van der Waals surface area contributed by atoms with E-state index in [1.165, 1.54) is 23.5 Å². The standard InChI is InChI=1S/C16H19FN2O2S/c1-3-14(21-15-6-4-5-12(17)7-15)9-18-16(20)8-13-10-22-11(2)19-13/h4-7,10,14H,3,8-9H2,1-2H3,(H,18,20). The number of thiazole rings is 1. The summed E-state index contributed by atoms with van der Waals surface area (Å²) in [7, 11) is 0. The van der Waals surface area contributed by atoms with Gasteiger partial charge in [0.25, 0.3) is 0 Å². The lowest BCUT2D eigenvalue weighted by Gasteiger charge is -2.18. The molecule has 0 fully saturated rings. The number of rotatable bonds is 7. The Morgan fingerprint density at radius 3 is 2.95 bits per heavy atom. The number of amides is 1. The first-order chi connectivity index (χ1) is 10.6. The molecule has 1 heterocycles. The summed E-state index contributed by atoms with van der Waals surface area (Å²) in [6.45, 7) is 4.25. The average molecular weight is 322 g/mol.